The first-order chi connectivity index (χ1) is 6.68. The maximum atomic E-state index is 11.8. The first-order valence-corrected chi connectivity index (χ1v) is 4.74. The number of hydrogen-bond donors (Lipinski definition) is 0. The number of rotatable bonds is 2. The third-order valence-corrected chi connectivity index (χ3v) is 2.39. The Hall–Kier alpha value is -1.45. The van der Waals surface area contributed by atoms with Crippen molar-refractivity contribution in [3.63, 3.8) is 0 Å². The van der Waals surface area contributed by atoms with Crippen molar-refractivity contribution in [1.29, 1.82) is 0 Å². The molecule has 0 spiro atoms. The van der Waals surface area contributed by atoms with Crippen LogP contribution >= 0.6 is 0 Å². The third kappa shape index (κ3) is 1.73. The molecule has 0 saturated heterocycles. The van der Waals surface area contributed by atoms with Gasteiger partial charge in [-0.15, -0.1) is 0 Å². The van der Waals surface area contributed by atoms with Gasteiger partial charge < -0.3 is 4.90 Å². The molecule has 1 heterocycles. The Kier molecular flexibility index (Phi) is 2.19. The first-order valence-electron chi connectivity index (χ1n) is 4.74. The predicted octanol–water partition coefficient (Wildman–Crippen LogP) is 1.02. The van der Waals surface area contributed by atoms with Crippen molar-refractivity contribution in [3.8, 4) is 0 Å². The van der Waals surface area contributed by atoms with Gasteiger partial charge in [-0.3, -0.25) is 9.78 Å². The highest BCUT2D eigenvalue weighted by atomic mass is 16.2. The van der Waals surface area contributed by atoms with E-state index >= 15 is 0 Å². The van der Waals surface area contributed by atoms with E-state index in [0.29, 0.717) is 11.7 Å². The minimum atomic E-state index is -0.0244. The number of nitrogens with zero attached hydrogens (tertiary/aromatic N) is 3. The van der Waals surface area contributed by atoms with E-state index in [-0.39, 0.29) is 5.91 Å². The molecule has 0 aliphatic heterocycles. The van der Waals surface area contributed by atoms with Gasteiger partial charge in [0.1, 0.15) is 5.69 Å². The third-order valence-electron chi connectivity index (χ3n) is 2.39. The molecule has 1 fully saturated rings. The largest absolute Gasteiger partial charge is 0.337 e. The van der Waals surface area contributed by atoms with Gasteiger partial charge in [0.25, 0.3) is 5.91 Å². The molecule has 14 heavy (non-hydrogen) atoms. The molecule has 1 aliphatic rings. The Balaban J connectivity index is 2.17. The molecule has 1 saturated carbocycles. The van der Waals surface area contributed by atoms with Crippen molar-refractivity contribution in [1.82, 2.24) is 14.9 Å². The Morgan fingerprint density at radius 1 is 1.50 bits per heavy atom. The van der Waals surface area contributed by atoms with Crippen LogP contribution in [0.1, 0.15) is 29.0 Å². The number of amides is 1. The molecule has 4 nitrogen and oxygen atoms in total. The van der Waals surface area contributed by atoms with E-state index in [1.165, 1.54) is 6.20 Å². The van der Waals surface area contributed by atoms with Crippen LogP contribution in [0.4, 0.5) is 0 Å². The molecule has 1 aromatic heterocycles. The molecule has 74 valence electrons. The second-order valence-electron chi connectivity index (χ2n) is 3.69. The van der Waals surface area contributed by atoms with Crippen LogP contribution < -0.4 is 0 Å². The maximum absolute atomic E-state index is 11.8. The number of aromatic nitrogens is 2. The van der Waals surface area contributed by atoms with Gasteiger partial charge in [0.15, 0.2) is 0 Å². The summed E-state index contributed by atoms with van der Waals surface area (Å²) in [6.45, 7) is 1.83. The van der Waals surface area contributed by atoms with Gasteiger partial charge in [-0.2, -0.15) is 0 Å². The van der Waals surface area contributed by atoms with E-state index < -0.39 is 0 Å². The quantitative estimate of drug-likeness (QED) is 0.701. The lowest BCUT2D eigenvalue weighted by Gasteiger charge is -2.15. The van der Waals surface area contributed by atoms with Crippen LogP contribution in [0.15, 0.2) is 12.4 Å². The van der Waals surface area contributed by atoms with Gasteiger partial charge >= 0.3 is 0 Å². The molecule has 0 radical (unpaired) electrons. The number of carbonyl (C=O) groups is 1. The summed E-state index contributed by atoms with van der Waals surface area (Å²) in [4.78, 5) is 21.7. The Morgan fingerprint density at radius 3 is 2.79 bits per heavy atom. The monoisotopic (exact) mass is 191 g/mol. The zero-order valence-electron chi connectivity index (χ0n) is 8.40. The smallest absolute Gasteiger partial charge is 0.274 e. The molecule has 1 amide bonds. The SMILES string of the molecule is Cc1cncc(C(=O)N(C)C2CC2)n1. The van der Waals surface area contributed by atoms with E-state index in [2.05, 4.69) is 9.97 Å². The highest BCUT2D eigenvalue weighted by Gasteiger charge is 2.30. The lowest BCUT2D eigenvalue weighted by atomic mass is 10.3. The predicted molar refractivity (Wildman–Crippen MR) is 51.9 cm³/mol. The summed E-state index contributed by atoms with van der Waals surface area (Å²) < 4.78 is 0. The van der Waals surface area contributed by atoms with Crippen LogP contribution in [0.2, 0.25) is 0 Å². The average molecular weight is 191 g/mol. The molecule has 0 N–H and O–H groups in total. The summed E-state index contributed by atoms with van der Waals surface area (Å²) in [5.74, 6) is -0.0244. The fraction of sp³-hybridized carbons (Fsp3) is 0.500. The zero-order chi connectivity index (χ0) is 10.1. The fourth-order valence-corrected chi connectivity index (χ4v) is 1.37. The van der Waals surface area contributed by atoms with E-state index in [9.17, 15) is 4.79 Å². The van der Waals surface area contributed by atoms with Crippen LogP contribution in [0.25, 0.3) is 0 Å². The minimum absolute atomic E-state index is 0.0244. The molecule has 1 aliphatic carbocycles. The van der Waals surface area contributed by atoms with Crippen molar-refractivity contribution in [3.05, 3.63) is 23.8 Å². The van der Waals surface area contributed by atoms with Crippen molar-refractivity contribution in [2.75, 3.05) is 7.05 Å². The first kappa shape index (κ1) is 9.12. The lowest BCUT2D eigenvalue weighted by molar-refractivity contribution is 0.0778. The van der Waals surface area contributed by atoms with Gasteiger partial charge in [-0.05, 0) is 19.8 Å². The summed E-state index contributed by atoms with van der Waals surface area (Å²) in [5.41, 5.74) is 1.22. The van der Waals surface area contributed by atoms with Crippen LogP contribution in [0.3, 0.4) is 0 Å². The van der Waals surface area contributed by atoms with Crippen LogP contribution in [0, 0.1) is 6.92 Å². The molecule has 4 heteroatoms. The standard InChI is InChI=1S/C10H13N3O/c1-7-5-11-6-9(12-7)10(14)13(2)8-3-4-8/h5-6,8H,3-4H2,1-2H3. The topological polar surface area (TPSA) is 46.1 Å². The number of carbonyl (C=O) groups excluding carboxylic acids is 1. The van der Waals surface area contributed by atoms with Crippen molar-refractivity contribution >= 4 is 5.91 Å². The summed E-state index contributed by atoms with van der Waals surface area (Å²) in [7, 11) is 1.82. The molecule has 2 rings (SSSR count). The summed E-state index contributed by atoms with van der Waals surface area (Å²) in [5, 5.41) is 0. The minimum Gasteiger partial charge on any atom is -0.337 e. The molecule has 1 aromatic rings. The lowest BCUT2D eigenvalue weighted by Crippen LogP contribution is -2.29. The van der Waals surface area contributed by atoms with Gasteiger partial charge in [-0.25, -0.2) is 4.98 Å². The molecule has 0 unspecified atom stereocenters. The van der Waals surface area contributed by atoms with E-state index in [0.717, 1.165) is 18.5 Å². The van der Waals surface area contributed by atoms with Gasteiger partial charge in [0.2, 0.25) is 0 Å². The maximum Gasteiger partial charge on any atom is 0.274 e. The van der Waals surface area contributed by atoms with Gasteiger partial charge in [-0.1, -0.05) is 0 Å². The Morgan fingerprint density at radius 2 is 2.21 bits per heavy atom. The van der Waals surface area contributed by atoms with Crippen LogP contribution in [-0.2, 0) is 0 Å². The average Bonchev–Trinajstić information content (AvgIpc) is 2.99. The molecular formula is C10H13N3O. The zero-order valence-corrected chi connectivity index (χ0v) is 8.40. The molecule has 0 atom stereocenters. The van der Waals surface area contributed by atoms with E-state index in [1.54, 1.807) is 11.1 Å². The van der Waals surface area contributed by atoms with Gasteiger partial charge in [0.05, 0.1) is 11.9 Å². The van der Waals surface area contributed by atoms with Crippen LogP contribution in [0.5, 0.6) is 0 Å². The Bertz CT molecular complexity index is 360. The van der Waals surface area contributed by atoms with Crippen molar-refractivity contribution in [2.45, 2.75) is 25.8 Å². The van der Waals surface area contributed by atoms with Crippen molar-refractivity contribution in [2.24, 2.45) is 0 Å². The number of hydrogen-bond acceptors (Lipinski definition) is 3. The van der Waals surface area contributed by atoms with E-state index in [1.807, 2.05) is 14.0 Å². The summed E-state index contributed by atoms with van der Waals surface area (Å²) >= 11 is 0. The molecule has 0 aromatic carbocycles. The van der Waals surface area contributed by atoms with Gasteiger partial charge in [0, 0.05) is 19.3 Å². The molecule has 0 bridgehead atoms. The normalized spacial score (nSPS) is 15.3. The second kappa shape index (κ2) is 3.36. The highest BCUT2D eigenvalue weighted by molar-refractivity contribution is 5.92. The number of aryl methyl sites for hydroxylation is 1. The second-order valence-corrected chi connectivity index (χ2v) is 3.69. The highest BCUT2D eigenvalue weighted by Crippen LogP contribution is 2.26. The fourth-order valence-electron chi connectivity index (χ4n) is 1.37. The Labute approximate surface area is 83.0 Å². The summed E-state index contributed by atoms with van der Waals surface area (Å²) in [6.07, 6.45) is 5.39. The van der Waals surface area contributed by atoms with Crippen LogP contribution in [-0.4, -0.2) is 33.9 Å². The summed E-state index contributed by atoms with van der Waals surface area (Å²) in [6, 6.07) is 0.421. The van der Waals surface area contributed by atoms with E-state index in [4.69, 9.17) is 0 Å². The van der Waals surface area contributed by atoms with Crippen molar-refractivity contribution < 1.29 is 4.79 Å². The molecular weight excluding hydrogens is 178 g/mol.